The van der Waals surface area contributed by atoms with Gasteiger partial charge in [-0.2, -0.15) is 4.31 Å². The molecule has 0 saturated carbocycles. The highest BCUT2D eigenvalue weighted by Crippen LogP contribution is 2.35. The number of imidazole rings is 1. The number of nitrogens with zero attached hydrogens (tertiary/aromatic N) is 5. The topological polar surface area (TPSA) is 103 Å². The van der Waals surface area contributed by atoms with Gasteiger partial charge in [-0.1, -0.05) is 23.2 Å². The van der Waals surface area contributed by atoms with E-state index in [0.717, 1.165) is 12.8 Å². The van der Waals surface area contributed by atoms with Gasteiger partial charge in [0.15, 0.2) is 10.7 Å². The summed E-state index contributed by atoms with van der Waals surface area (Å²) in [5.41, 5.74) is 0.898. The molecule has 37 heavy (non-hydrogen) atoms. The molecule has 10 nitrogen and oxygen atoms in total. The monoisotopic (exact) mass is 571 g/mol. The van der Waals surface area contributed by atoms with Gasteiger partial charge in [-0.25, -0.2) is 13.4 Å². The normalized spacial score (nSPS) is 20.7. The highest BCUT2D eigenvalue weighted by atomic mass is 35.5. The zero-order valence-corrected chi connectivity index (χ0v) is 23.4. The molecular formula is C24H31Cl2N5O5S. The number of fused-ring (bicyclic) bond motifs is 1. The Morgan fingerprint density at radius 1 is 1.19 bits per heavy atom. The van der Waals surface area contributed by atoms with Crippen molar-refractivity contribution in [2.45, 2.75) is 38.9 Å². The highest BCUT2D eigenvalue weighted by Gasteiger charge is 2.30. The van der Waals surface area contributed by atoms with Gasteiger partial charge >= 0.3 is 0 Å². The third-order valence-corrected chi connectivity index (χ3v) is 9.36. The van der Waals surface area contributed by atoms with Crippen molar-refractivity contribution >= 4 is 44.2 Å². The fraction of sp³-hybridized carbons (Fsp3) is 0.583. The van der Waals surface area contributed by atoms with Crippen LogP contribution in [-0.2, 0) is 34.9 Å². The summed E-state index contributed by atoms with van der Waals surface area (Å²) in [5, 5.41) is 1.01. The molecule has 2 aliphatic heterocycles. The second kappa shape index (κ2) is 10.3. The minimum atomic E-state index is -3.24. The van der Waals surface area contributed by atoms with Crippen LogP contribution in [-0.4, -0.2) is 76.9 Å². The first-order valence-electron chi connectivity index (χ1n) is 12.3. The number of halogens is 2. The first kappa shape index (κ1) is 26.7. The van der Waals surface area contributed by atoms with Crippen molar-refractivity contribution in [2.24, 2.45) is 13.0 Å². The molecule has 3 aromatic rings. The molecule has 0 amide bonds. The summed E-state index contributed by atoms with van der Waals surface area (Å²) in [7, 11) is -1.54. The van der Waals surface area contributed by atoms with Crippen molar-refractivity contribution in [1.82, 2.24) is 23.3 Å². The molecule has 5 rings (SSSR count). The van der Waals surface area contributed by atoms with Gasteiger partial charge in [-0.05, 0) is 31.7 Å². The Morgan fingerprint density at radius 2 is 1.92 bits per heavy atom. The fourth-order valence-corrected chi connectivity index (χ4v) is 6.47. The first-order chi connectivity index (χ1) is 17.5. The lowest BCUT2D eigenvalue weighted by Gasteiger charge is -2.38. The molecule has 202 valence electrons. The Labute approximate surface area is 225 Å². The number of hydrogen-bond acceptors (Lipinski definition) is 7. The number of hydrogen-bond donors (Lipinski definition) is 0. The van der Waals surface area contributed by atoms with E-state index in [9.17, 15) is 13.2 Å². The highest BCUT2D eigenvalue weighted by molar-refractivity contribution is 7.88. The lowest BCUT2D eigenvalue weighted by molar-refractivity contribution is 0.0614. The first-order valence-corrected chi connectivity index (χ1v) is 14.9. The number of piperazine rings is 1. The van der Waals surface area contributed by atoms with Crippen LogP contribution in [0.5, 0.6) is 0 Å². The van der Waals surface area contributed by atoms with Crippen molar-refractivity contribution < 1.29 is 17.6 Å². The number of aryl methyl sites for hydroxylation is 1. The Balaban J connectivity index is 1.50. The van der Waals surface area contributed by atoms with Crippen LogP contribution in [0.1, 0.15) is 25.5 Å². The maximum absolute atomic E-state index is 13.0. The van der Waals surface area contributed by atoms with Crippen molar-refractivity contribution in [3.05, 3.63) is 38.7 Å². The second-order valence-corrected chi connectivity index (χ2v) is 12.7. The third-order valence-electron chi connectivity index (χ3n) is 7.35. The van der Waals surface area contributed by atoms with E-state index >= 15 is 0 Å². The summed E-state index contributed by atoms with van der Waals surface area (Å²) in [6.07, 6.45) is 4.78. The average Bonchev–Trinajstić information content (AvgIpc) is 3.39. The van der Waals surface area contributed by atoms with Gasteiger partial charge in [0.2, 0.25) is 10.0 Å². The molecule has 2 saturated heterocycles. The molecule has 13 heteroatoms. The molecule has 2 aliphatic rings. The smallest absolute Gasteiger partial charge is 0.261 e. The SMILES string of the molecule is C[C@@H]1CN(S(C)(=O)=O)CCN1Cc1cc2c(=O)n(C)cc(-c3nc(Cl)c(Cl)n3CC3CCOCC3)c2o1. The summed E-state index contributed by atoms with van der Waals surface area (Å²) in [5.74, 6) is 1.55. The van der Waals surface area contributed by atoms with Crippen molar-refractivity contribution in [2.75, 3.05) is 39.1 Å². The summed E-state index contributed by atoms with van der Waals surface area (Å²) < 4.78 is 40.6. The fourth-order valence-electron chi connectivity index (χ4n) is 5.20. The molecule has 3 aromatic heterocycles. The summed E-state index contributed by atoms with van der Waals surface area (Å²) in [4.78, 5) is 19.7. The predicted octanol–water partition coefficient (Wildman–Crippen LogP) is 3.19. The van der Waals surface area contributed by atoms with E-state index in [0.29, 0.717) is 85.1 Å². The summed E-state index contributed by atoms with van der Waals surface area (Å²) in [6, 6.07) is 1.76. The van der Waals surface area contributed by atoms with Crippen molar-refractivity contribution in [3.8, 4) is 11.4 Å². The van der Waals surface area contributed by atoms with E-state index in [2.05, 4.69) is 9.88 Å². The number of sulfonamides is 1. The van der Waals surface area contributed by atoms with Crippen LogP contribution in [0, 0.1) is 5.92 Å². The molecule has 0 aliphatic carbocycles. The molecule has 0 N–H and O–H groups in total. The van der Waals surface area contributed by atoms with Crippen molar-refractivity contribution in [1.29, 1.82) is 0 Å². The van der Waals surface area contributed by atoms with Crippen LogP contribution in [0.2, 0.25) is 10.3 Å². The molecule has 2 fully saturated rings. The van der Waals surface area contributed by atoms with Gasteiger partial charge in [0.05, 0.1) is 23.8 Å². The predicted molar refractivity (Wildman–Crippen MR) is 143 cm³/mol. The van der Waals surface area contributed by atoms with Crippen LogP contribution in [0.4, 0.5) is 0 Å². The van der Waals surface area contributed by atoms with E-state index in [4.69, 9.17) is 32.4 Å². The van der Waals surface area contributed by atoms with E-state index in [1.165, 1.54) is 15.1 Å². The van der Waals surface area contributed by atoms with E-state index < -0.39 is 10.0 Å². The number of ether oxygens (including phenoxy) is 1. The van der Waals surface area contributed by atoms with E-state index in [1.807, 2.05) is 11.5 Å². The Bertz CT molecular complexity index is 1470. The summed E-state index contributed by atoms with van der Waals surface area (Å²) in [6.45, 7) is 5.89. The molecule has 0 spiro atoms. The van der Waals surface area contributed by atoms with Crippen LogP contribution >= 0.6 is 23.2 Å². The number of pyridine rings is 1. The van der Waals surface area contributed by atoms with Crippen LogP contribution in [0.25, 0.3) is 22.4 Å². The molecule has 1 atom stereocenters. The van der Waals surface area contributed by atoms with Crippen LogP contribution in [0.15, 0.2) is 21.5 Å². The minimum Gasteiger partial charge on any atom is -0.459 e. The van der Waals surface area contributed by atoms with E-state index in [-0.39, 0.29) is 16.8 Å². The molecular weight excluding hydrogens is 541 g/mol. The van der Waals surface area contributed by atoms with Crippen molar-refractivity contribution in [3.63, 3.8) is 0 Å². The minimum absolute atomic E-state index is 0.00465. The Hall–Kier alpha value is -1.89. The number of furan rings is 1. The Morgan fingerprint density at radius 3 is 2.59 bits per heavy atom. The molecule has 0 unspecified atom stereocenters. The van der Waals surface area contributed by atoms with Gasteiger partial charge < -0.3 is 18.3 Å². The maximum Gasteiger partial charge on any atom is 0.261 e. The van der Waals surface area contributed by atoms with Gasteiger partial charge in [0, 0.05) is 58.7 Å². The standard InChI is InChI=1S/C24H31Cl2N5O5S/c1-15-11-30(37(3,33)34)7-6-29(15)13-17-10-18-20(36-17)19(14-28(2)24(18)32)23-27-21(25)22(26)31(23)12-16-4-8-35-9-5-16/h10,14-16H,4-9,11-13H2,1-3H3/t15-/m1/s1. The lowest BCUT2D eigenvalue weighted by atomic mass is 10.0. The molecule has 0 aromatic carbocycles. The van der Waals surface area contributed by atoms with Gasteiger partial charge in [-0.15, -0.1) is 0 Å². The second-order valence-electron chi connectivity index (χ2n) is 10.0. The van der Waals surface area contributed by atoms with Crippen LogP contribution in [0.3, 0.4) is 0 Å². The molecule has 0 radical (unpaired) electrons. The largest absolute Gasteiger partial charge is 0.459 e. The van der Waals surface area contributed by atoms with Gasteiger partial charge in [0.25, 0.3) is 5.56 Å². The molecule has 5 heterocycles. The molecule has 0 bridgehead atoms. The lowest BCUT2D eigenvalue weighted by Crippen LogP contribution is -2.52. The number of rotatable bonds is 6. The zero-order valence-electron chi connectivity index (χ0n) is 21.1. The van der Waals surface area contributed by atoms with Gasteiger partial charge in [0.1, 0.15) is 16.7 Å². The number of aromatic nitrogens is 3. The Kier molecular flexibility index (Phi) is 7.47. The quantitative estimate of drug-likeness (QED) is 0.447. The third kappa shape index (κ3) is 5.35. The maximum atomic E-state index is 13.0. The van der Waals surface area contributed by atoms with Gasteiger partial charge in [-0.3, -0.25) is 9.69 Å². The van der Waals surface area contributed by atoms with E-state index in [1.54, 1.807) is 19.3 Å². The average molecular weight is 573 g/mol. The van der Waals surface area contributed by atoms with Crippen LogP contribution < -0.4 is 5.56 Å². The summed E-state index contributed by atoms with van der Waals surface area (Å²) >= 11 is 13.0. The zero-order chi connectivity index (χ0) is 26.5.